The Hall–Kier alpha value is -2.21. The number of hydrogen-bond acceptors (Lipinski definition) is 4. The number of carbonyl (C=O) groups excluding carboxylic acids is 2. The standard InChI is InChI=1S/C16H17N3O2S/c1-11-10-22-16(17-11)18-15(21)13-7-14(20)19(9-13)8-12-5-3-2-4-6-12/h2-6,10,13H,7-9H2,1H3,(H,17,18,21). The number of benzene rings is 1. The van der Waals surface area contributed by atoms with Crippen molar-refractivity contribution in [1.29, 1.82) is 0 Å². The number of nitrogens with zero attached hydrogens (tertiary/aromatic N) is 2. The largest absolute Gasteiger partial charge is 0.338 e. The van der Waals surface area contributed by atoms with Crippen molar-refractivity contribution in [1.82, 2.24) is 9.88 Å². The zero-order valence-electron chi connectivity index (χ0n) is 12.3. The second-order valence-electron chi connectivity index (χ2n) is 5.44. The molecule has 1 N–H and O–H groups in total. The summed E-state index contributed by atoms with van der Waals surface area (Å²) in [6.07, 6.45) is 0.267. The van der Waals surface area contributed by atoms with E-state index in [1.165, 1.54) is 11.3 Å². The van der Waals surface area contributed by atoms with Crippen LogP contribution < -0.4 is 5.32 Å². The highest BCUT2D eigenvalue weighted by atomic mass is 32.1. The van der Waals surface area contributed by atoms with E-state index in [0.29, 0.717) is 18.2 Å². The summed E-state index contributed by atoms with van der Waals surface area (Å²) >= 11 is 1.40. The van der Waals surface area contributed by atoms with Gasteiger partial charge in [-0.3, -0.25) is 9.59 Å². The van der Waals surface area contributed by atoms with Crippen LogP contribution in [0.25, 0.3) is 0 Å². The summed E-state index contributed by atoms with van der Waals surface area (Å²) in [5.74, 6) is -0.405. The number of thiazole rings is 1. The van der Waals surface area contributed by atoms with Gasteiger partial charge in [-0.15, -0.1) is 11.3 Å². The van der Waals surface area contributed by atoms with Gasteiger partial charge in [0.2, 0.25) is 11.8 Å². The van der Waals surface area contributed by atoms with E-state index in [4.69, 9.17) is 0 Å². The molecule has 0 spiro atoms. The van der Waals surface area contributed by atoms with Gasteiger partial charge in [0.15, 0.2) is 5.13 Å². The van der Waals surface area contributed by atoms with Gasteiger partial charge in [0, 0.05) is 24.9 Å². The van der Waals surface area contributed by atoms with Crippen LogP contribution in [0.2, 0.25) is 0 Å². The SMILES string of the molecule is Cc1csc(NC(=O)C2CC(=O)N(Cc3ccccc3)C2)n1. The molecule has 0 bridgehead atoms. The second-order valence-corrected chi connectivity index (χ2v) is 6.30. The number of nitrogens with one attached hydrogen (secondary N) is 1. The lowest BCUT2D eigenvalue weighted by atomic mass is 10.1. The van der Waals surface area contributed by atoms with Crippen LogP contribution in [0.1, 0.15) is 17.7 Å². The summed E-state index contributed by atoms with van der Waals surface area (Å²) in [6.45, 7) is 2.90. The zero-order chi connectivity index (χ0) is 15.5. The summed E-state index contributed by atoms with van der Waals surface area (Å²) in [6, 6.07) is 9.81. The van der Waals surface area contributed by atoms with Crippen LogP contribution in [0.15, 0.2) is 35.7 Å². The van der Waals surface area contributed by atoms with Crippen molar-refractivity contribution in [2.45, 2.75) is 19.9 Å². The predicted octanol–water partition coefficient (Wildman–Crippen LogP) is 2.44. The number of carbonyl (C=O) groups is 2. The number of amides is 2. The molecule has 1 fully saturated rings. The number of aromatic nitrogens is 1. The predicted molar refractivity (Wildman–Crippen MR) is 85.4 cm³/mol. The molecule has 6 heteroatoms. The second kappa shape index (κ2) is 6.27. The van der Waals surface area contributed by atoms with Gasteiger partial charge in [0.25, 0.3) is 0 Å². The van der Waals surface area contributed by atoms with Crippen molar-refractivity contribution < 1.29 is 9.59 Å². The summed E-state index contributed by atoms with van der Waals surface area (Å²) in [7, 11) is 0. The average Bonchev–Trinajstić information content (AvgIpc) is 3.07. The molecule has 1 aromatic carbocycles. The molecule has 114 valence electrons. The van der Waals surface area contributed by atoms with Gasteiger partial charge in [0.05, 0.1) is 11.6 Å². The lowest BCUT2D eigenvalue weighted by molar-refractivity contribution is -0.128. The van der Waals surface area contributed by atoms with Crippen LogP contribution in [-0.4, -0.2) is 28.2 Å². The number of hydrogen-bond donors (Lipinski definition) is 1. The molecule has 1 aromatic heterocycles. The Morgan fingerprint density at radius 1 is 1.41 bits per heavy atom. The van der Waals surface area contributed by atoms with Crippen molar-refractivity contribution in [2.75, 3.05) is 11.9 Å². The van der Waals surface area contributed by atoms with Crippen molar-refractivity contribution in [2.24, 2.45) is 5.92 Å². The molecule has 1 atom stereocenters. The fourth-order valence-corrected chi connectivity index (χ4v) is 3.21. The number of aryl methyl sites for hydroxylation is 1. The molecule has 1 saturated heterocycles. The Bertz CT molecular complexity index is 684. The number of likely N-dealkylation sites (tertiary alicyclic amines) is 1. The molecule has 5 nitrogen and oxygen atoms in total. The first kappa shape index (κ1) is 14.7. The molecule has 2 heterocycles. The molecule has 2 amide bonds. The molecular formula is C16H17N3O2S. The van der Waals surface area contributed by atoms with Gasteiger partial charge in [-0.1, -0.05) is 30.3 Å². The molecule has 0 saturated carbocycles. The maximum absolute atomic E-state index is 12.2. The third kappa shape index (κ3) is 3.33. The van der Waals surface area contributed by atoms with E-state index in [9.17, 15) is 9.59 Å². The highest BCUT2D eigenvalue weighted by Gasteiger charge is 2.34. The lowest BCUT2D eigenvalue weighted by Crippen LogP contribution is -2.28. The monoisotopic (exact) mass is 315 g/mol. The van der Waals surface area contributed by atoms with Crippen LogP contribution >= 0.6 is 11.3 Å². The Kier molecular flexibility index (Phi) is 4.20. The lowest BCUT2D eigenvalue weighted by Gasteiger charge is -2.16. The van der Waals surface area contributed by atoms with E-state index in [-0.39, 0.29) is 24.2 Å². The first-order chi connectivity index (χ1) is 10.6. The minimum Gasteiger partial charge on any atom is -0.338 e. The highest BCUT2D eigenvalue weighted by molar-refractivity contribution is 7.13. The van der Waals surface area contributed by atoms with E-state index in [1.54, 1.807) is 4.90 Å². The summed E-state index contributed by atoms with van der Waals surface area (Å²) < 4.78 is 0. The molecule has 22 heavy (non-hydrogen) atoms. The van der Waals surface area contributed by atoms with Gasteiger partial charge in [-0.05, 0) is 12.5 Å². The quantitative estimate of drug-likeness (QED) is 0.942. The third-order valence-corrected chi connectivity index (χ3v) is 4.53. The highest BCUT2D eigenvalue weighted by Crippen LogP contribution is 2.23. The van der Waals surface area contributed by atoms with Gasteiger partial charge < -0.3 is 10.2 Å². The van der Waals surface area contributed by atoms with Gasteiger partial charge >= 0.3 is 0 Å². The van der Waals surface area contributed by atoms with E-state index in [2.05, 4.69) is 10.3 Å². The van der Waals surface area contributed by atoms with Gasteiger partial charge in [-0.25, -0.2) is 4.98 Å². The molecule has 1 unspecified atom stereocenters. The zero-order valence-corrected chi connectivity index (χ0v) is 13.1. The normalized spacial score (nSPS) is 17.8. The van der Waals surface area contributed by atoms with E-state index >= 15 is 0 Å². The van der Waals surface area contributed by atoms with Crippen molar-refractivity contribution in [3.63, 3.8) is 0 Å². The molecule has 0 aliphatic carbocycles. The van der Waals surface area contributed by atoms with Crippen molar-refractivity contribution in [3.05, 3.63) is 47.0 Å². The summed E-state index contributed by atoms with van der Waals surface area (Å²) in [4.78, 5) is 30.3. The third-order valence-electron chi connectivity index (χ3n) is 3.65. The summed E-state index contributed by atoms with van der Waals surface area (Å²) in [5, 5.41) is 5.28. The average molecular weight is 315 g/mol. The van der Waals surface area contributed by atoms with Crippen LogP contribution in [0, 0.1) is 12.8 Å². The topological polar surface area (TPSA) is 62.3 Å². The molecule has 3 rings (SSSR count). The Balaban J connectivity index is 1.60. The Morgan fingerprint density at radius 2 is 2.18 bits per heavy atom. The number of rotatable bonds is 4. The molecule has 0 radical (unpaired) electrons. The van der Waals surface area contributed by atoms with Crippen LogP contribution in [-0.2, 0) is 16.1 Å². The van der Waals surface area contributed by atoms with Gasteiger partial charge in [-0.2, -0.15) is 0 Å². The fraction of sp³-hybridized carbons (Fsp3) is 0.312. The van der Waals surface area contributed by atoms with Gasteiger partial charge in [0.1, 0.15) is 0 Å². The van der Waals surface area contributed by atoms with Crippen LogP contribution in [0.5, 0.6) is 0 Å². The smallest absolute Gasteiger partial charge is 0.231 e. The minimum atomic E-state index is -0.305. The van der Waals surface area contributed by atoms with Crippen molar-refractivity contribution >= 4 is 28.3 Å². The molecule has 2 aromatic rings. The van der Waals surface area contributed by atoms with Crippen LogP contribution in [0.4, 0.5) is 5.13 Å². The summed E-state index contributed by atoms with van der Waals surface area (Å²) in [5.41, 5.74) is 1.96. The molecular weight excluding hydrogens is 298 g/mol. The fourth-order valence-electron chi connectivity index (χ4n) is 2.52. The number of anilines is 1. The molecule has 1 aliphatic rings. The Morgan fingerprint density at radius 3 is 2.86 bits per heavy atom. The Labute approximate surface area is 133 Å². The maximum atomic E-state index is 12.2. The first-order valence-corrected chi connectivity index (χ1v) is 8.04. The maximum Gasteiger partial charge on any atom is 0.231 e. The van der Waals surface area contributed by atoms with E-state index < -0.39 is 0 Å². The minimum absolute atomic E-state index is 0.0272. The van der Waals surface area contributed by atoms with Crippen LogP contribution in [0.3, 0.4) is 0 Å². The molecule has 1 aliphatic heterocycles. The van der Waals surface area contributed by atoms with Crippen molar-refractivity contribution in [3.8, 4) is 0 Å². The first-order valence-electron chi connectivity index (χ1n) is 7.16. The van der Waals surface area contributed by atoms with E-state index in [0.717, 1.165) is 11.3 Å². The van der Waals surface area contributed by atoms with E-state index in [1.807, 2.05) is 42.6 Å².